The fourth-order valence-electron chi connectivity index (χ4n) is 0.811. The number of Topliss-reactive ketones (excluding diaryl/α,β-unsaturated/α-hetero) is 1. The lowest BCUT2D eigenvalue weighted by molar-refractivity contribution is -0.145. The number of esters is 1. The molecule has 0 atom stereocenters. The monoisotopic (exact) mass is 234 g/mol. The smallest absolute Gasteiger partial charge is 0.313 e. The fraction of sp³-hybridized carbons (Fsp3) is 0.818. The number of hydrogen-bond donors (Lipinski definition) is 2. The van der Waals surface area contributed by atoms with Gasteiger partial charge in [-0.1, -0.05) is 6.92 Å². The van der Waals surface area contributed by atoms with Crippen molar-refractivity contribution in [3.05, 3.63) is 0 Å². The van der Waals surface area contributed by atoms with Crippen LogP contribution in [0, 0.1) is 0 Å². The van der Waals surface area contributed by atoms with Crippen LogP contribution in [0.15, 0.2) is 0 Å². The topological polar surface area (TPSA) is 83.8 Å². The van der Waals surface area contributed by atoms with Crippen molar-refractivity contribution in [2.24, 2.45) is 0 Å². The summed E-state index contributed by atoms with van der Waals surface area (Å²) in [4.78, 5) is 21.5. The predicted octanol–water partition coefficient (Wildman–Crippen LogP) is 0.670. The van der Waals surface area contributed by atoms with Crippen molar-refractivity contribution < 1.29 is 24.5 Å². The second kappa shape index (κ2) is 14.1. The molecular formula is C11H22O5. The molecule has 0 fully saturated rings. The summed E-state index contributed by atoms with van der Waals surface area (Å²) in [6, 6.07) is 0. The minimum atomic E-state index is -0.411. The second-order valence-electron chi connectivity index (χ2n) is 3.07. The average molecular weight is 234 g/mol. The maximum absolute atomic E-state index is 10.8. The summed E-state index contributed by atoms with van der Waals surface area (Å²) in [5.41, 5.74) is 0. The van der Waals surface area contributed by atoms with E-state index in [0.717, 1.165) is 6.42 Å². The first-order valence-corrected chi connectivity index (χ1v) is 5.51. The van der Waals surface area contributed by atoms with Gasteiger partial charge in [0.15, 0.2) is 0 Å². The van der Waals surface area contributed by atoms with Crippen LogP contribution in [0.2, 0.25) is 0 Å². The lowest BCUT2D eigenvalue weighted by atomic mass is 10.2. The third kappa shape index (κ3) is 15.5. The molecule has 0 aromatic rings. The van der Waals surface area contributed by atoms with E-state index in [9.17, 15) is 9.59 Å². The van der Waals surface area contributed by atoms with Crippen molar-refractivity contribution in [1.82, 2.24) is 0 Å². The zero-order valence-corrected chi connectivity index (χ0v) is 10.1. The lowest BCUT2D eigenvalue weighted by Crippen LogP contribution is -2.10. The molecule has 0 aromatic carbocycles. The van der Waals surface area contributed by atoms with Crippen LogP contribution >= 0.6 is 0 Å². The molecule has 0 unspecified atom stereocenters. The van der Waals surface area contributed by atoms with Gasteiger partial charge in [0.2, 0.25) is 0 Å². The predicted molar refractivity (Wildman–Crippen MR) is 60.0 cm³/mol. The Labute approximate surface area is 96.4 Å². The minimum absolute atomic E-state index is 0.0362. The van der Waals surface area contributed by atoms with E-state index >= 15 is 0 Å². The normalized spacial score (nSPS) is 9.00. The van der Waals surface area contributed by atoms with E-state index in [1.165, 1.54) is 0 Å². The number of ketones is 1. The maximum atomic E-state index is 10.8. The van der Waals surface area contributed by atoms with Crippen LogP contribution in [0.3, 0.4) is 0 Å². The molecule has 0 aliphatic carbocycles. The first-order chi connectivity index (χ1) is 7.62. The van der Waals surface area contributed by atoms with Gasteiger partial charge in [-0.3, -0.25) is 9.59 Å². The van der Waals surface area contributed by atoms with Crippen LogP contribution in [0.5, 0.6) is 0 Å². The number of carbonyl (C=O) groups excluding carboxylic acids is 2. The summed E-state index contributed by atoms with van der Waals surface area (Å²) >= 11 is 0. The molecule has 0 bridgehead atoms. The second-order valence-corrected chi connectivity index (χ2v) is 3.07. The van der Waals surface area contributed by atoms with Gasteiger partial charge in [-0.05, 0) is 19.8 Å². The van der Waals surface area contributed by atoms with Gasteiger partial charge in [-0.15, -0.1) is 0 Å². The number of aliphatic hydroxyl groups is 2. The van der Waals surface area contributed by atoms with Gasteiger partial charge < -0.3 is 14.9 Å². The van der Waals surface area contributed by atoms with E-state index in [4.69, 9.17) is 10.2 Å². The highest BCUT2D eigenvalue weighted by atomic mass is 16.5. The van der Waals surface area contributed by atoms with Crippen LogP contribution in [-0.2, 0) is 14.3 Å². The largest absolute Gasteiger partial charge is 0.466 e. The van der Waals surface area contributed by atoms with E-state index in [0.29, 0.717) is 19.4 Å². The van der Waals surface area contributed by atoms with E-state index in [1.54, 1.807) is 6.92 Å². The Morgan fingerprint density at radius 1 is 1.12 bits per heavy atom. The number of rotatable bonds is 7. The lowest BCUT2D eigenvalue weighted by Gasteiger charge is -1.98. The van der Waals surface area contributed by atoms with Crippen LogP contribution in [0.25, 0.3) is 0 Å². The standard InChI is InChI=1S/C8H14O3.C3H8O2/c1-3-5-7(9)6-8(10)11-4-2;4-2-1-3-5/h3-6H2,1-2H3;4-5H,1-3H2. The molecule has 0 amide bonds. The van der Waals surface area contributed by atoms with Crippen molar-refractivity contribution in [2.45, 2.75) is 39.5 Å². The molecule has 0 spiro atoms. The Hall–Kier alpha value is -0.940. The fourth-order valence-corrected chi connectivity index (χ4v) is 0.811. The van der Waals surface area contributed by atoms with E-state index in [2.05, 4.69) is 4.74 Å². The van der Waals surface area contributed by atoms with E-state index in [-0.39, 0.29) is 25.4 Å². The Morgan fingerprint density at radius 2 is 1.69 bits per heavy atom. The molecule has 5 heteroatoms. The minimum Gasteiger partial charge on any atom is -0.466 e. The average Bonchev–Trinajstić information content (AvgIpc) is 2.20. The van der Waals surface area contributed by atoms with Gasteiger partial charge >= 0.3 is 5.97 Å². The third-order valence-electron chi connectivity index (χ3n) is 1.49. The molecule has 16 heavy (non-hydrogen) atoms. The van der Waals surface area contributed by atoms with E-state index in [1.807, 2.05) is 6.92 Å². The van der Waals surface area contributed by atoms with Gasteiger partial charge in [0.1, 0.15) is 12.2 Å². The molecule has 0 aliphatic heterocycles. The highest BCUT2D eigenvalue weighted by Gasteiger charge is 2.07. The van der Waals surface area contributed by atoms with Crippen molar-refractivity contribution in [3.8, 4) is 0 Å². The Balaban J connectivity index is 0. The van der Waals surface area contributed by atoms with Crippen molar-refractivity contribution in [1.29, 1.82) is 0 Å². The van der Waals surface area contributed by atoms with Gasteiger partial charge in [0.05, 0.1) is 6.61 Å². The number of ether oxygens (including phenoxy) is 1. The van der Waals surface area contributed by atoms with Gasteiger partial charge in [0.25, 0.3) is 0 Å². The van der Waals surface area contributed by atoms with Crippen LogP contribution in [0.1, 0.15) is 39.5 Å². The Kier molecular flexibility index (Phi) is 15.3. The highest BCUT2D eigenvalue weighted by Crippen LogP contribution is 1.95. The quantitative estimate of drug-likeness (QED) is 0.499. The van der Waals surface area contributed by atoms with Gasteiger partial charge in [-0.2, -0.15) is 0 Å². The molecule has 0 saturated carbocycles. The number of aliphatic hydroxyl groups excluding tert-OH is 2. The molecule has 5 nitrogen and oxygen atoms in total. The molecule has 0 aliphatic rings. The first-order valence-electron chi connectivity index (χ1n) is 5.51. The van der Waals surface area contributed by atoms with Crippen LogP contribution in [-0.4, -0.2) is 41.8 Å². The first kappa shape index (κ1) is 17.5. The SMILES string of the molecule is CCCC(=O)CC(=O)OCC.OCCCO. The number of hydrogen-bond acceptors (Lipinski definition) is 5. The summed E-state index contributed by atoms with van der Waals surface area (Å²) in [6.07, 6.45) is 1.69. The number of carbonyl (C=O) groups is 2. The molecule has 0 aromatic heterocycles. The summed E-state index contributed by atoms with van der Waals surface area (Å²) in [5.74, 6) is -0.447. The van der Waals surface area contributed by atoms with Crippen molar-refractivity contribution >= 4 is 11.8 Å². The van der Waals surface area contributed by atoms with Gasteiger partial charge in [-0.25, -0.2) is 0 Å². The molecule has 0 saturated heterocycles. The van der Waals surface area contributed by atoms with Crippen LogP contribution < -0.4 is 0 Å². The summed E-state index contributed by atoms with van der Waals surface area (Å²) in [7, 11) is 0. The van der Waals surface area contributed by atoms with Gasteiger partial charge in [0, 0.05) is 19.6 Å². The van der Waals surface area contributed by atoms with Crippen molar-refractivity contribution in [3.63, 3.8) is 0 Å². The molecular weight excluding hydrogens is 212 g/mol. The Morgan fingerprint density at radius 3 is 2.00 bits per heavy atom. The molecule has 0 rings (SSSR count). The molecule has 96 valence electrons. The maximum Gasteiger partial charge on any atom is 0.313 e. The van der Waals surface area contributed by atoms with E-state index < -0.39 is 5.97 Å². The molecule has 2 N–H and O–H groups in total. The summed E-state index contributed by atoms with van der Waals surface area (Å²) < 4.78 is 4.60. The Bertz CT molecular complexity index is 161. The van der Waals surface area contributed by atoms with Crippen molar-refractivity contribution in [2.75, 3.05) is 19.8 Å². The third-order valence-corrected chi connectivity index (χ3v) is 1.49. The highest BCUT2D eigenvalue weighted by molar-refractivity contribution is 5.95. The summed E-state index contributed by atoms with van der Waals surface area (Å²) in [6.45, 7) is 4.16. The molecule has 0 radical (unpaired) electrons. The zero-order chi connectivity index (χ0) is 12.8. The van der Waals surface area contributed by atoms with Crippen LogP contribution in [0.4, 0.5) is 0 Å². The zero-order valence-electron chi connectivity index (χ0n) is 10.1. The molecule has 0 heterocycles. The summed E-state index contributed by atoms with van der Waals surface area (Å²) in [5, 5.41) is 15.8.